The Bertz CT molecular complexity index is 725. The maximum Gasteiger partial charge on any atom is 0.254 e. The van der Waals surface area contributed by atoms with Gasteiger partial charge >= 0.3 is 0 Å². The fraction of sp³-hybridized carbons (Fsp3) is 0.545. The predicted molar refractivity (Wildman–Crippen MR) is 101 cm³/mol. The average Bonchev–Trinajstić information content (AvgIpc) is 3.05. The van der Waals surface area contributed by atoms with Gasteiger partial charge in [-0.25, -0.2) is 0 Å². The molecule has 134 valence electrons. The number of hydrogen-bond donors (Lipinski definition) is 0. The van der Waals surface area contributed by atoms with Gasteiger partial charge in [0.05, 0.1) is 6.04 Å². The second kappa shape index (κ2) is 6.44. The Morgan fingerprint density at radius 3 is 1.76 bits per heavy atom. The van der Waals surface area contributed by atoms with Crippen LogP contribution in [0.5, 0.6) is 0 Å². The fourth-order valence-corrected chi connectivity index (χ4v) is 4.37. The minimum absolute atomic E-state index is 0.129. The molecule has 2 atom stereocenters. The highest BCUT2D eigenvalue weighted by Gasteiger charge is 2.41. The highest BCUT2D eigenvalue weighted by atomic mass is 16.2. The minimum Gasteiger partial charge on any atom is -0.269 e. The number of benzene rings is 1. The Hall–Kier alpha value is -1.90. The number of fused-ring (bicyclic) bond motifs is 1. The molecule has 0 saturated carbocycles. The molecule has 1 heterocycles. The molecular formula is C22H29NO2. The first kappa shape index (κ1) is 17.9. The number of imide groups is 1. The topological polar surface area (TPSA) is 37.4 Å². The van der Waals surface area contributed by atoms with E-state index in [0.717, 1.165) is 6.42 Å². The van der Waals surface area contributed by atoms with Crippen LogP contribution in [0.1, 0.15) is 94.0 Å². The molecule has 1 aromatic carbocycles. The van der Waals surface area contributed by atoms with Gasteiger partial charge in [-0.2, -0.15) is 0 Å². The highest BCUT2D eigenvalue weighted by molar-refractivity contribution is 6.13. The number of carbonyl (C=O) groups excluding carboxylic acids is 2. The summed E-state index contributed by atoms with van der Waals surface area (Å²) in [6.07, 6.45) is 3.64. The van der Waals surface area contributed by atoms with Crippen molar-refractivity contribution in [3.05, 3.63) is 46.5 Å². The summed E-state index contributed by atoms with van der Waals surface area (Å²) in [6.45, 7) is 13.4. The summed E-state index contributed by atoms with van der Waals surface area (Å²) in [5.74, 6) is 1.40. The van der Waals surface area contributed by atoms with Crippen LogP contribution >= 0.6 is 0 Å². The molecule has 0 radical (unpaired) electrons. The van der Waals surface area contributed by atoms with Gasteiger partial charge in [-0.1, -0.05) is 53.7 Å². The van der Waals surface area contributed by atoms with E-state index < -0.39 is 0 Å². The smallest absolute Gasteiger partial charge is 0.254 e. The third kappa shape index (κ3) is 2.94. The number of hydrogen-bond acceptors (Lipinski definition) is 2. The molecular weight excluding hydrogens is 310 g/mol. The largest absolute Gasteiger partial charge is 0.269 e. The zero-order valence-electron chi connectivity index (χ0n) is 16.2. The molecule has 2 amide bonds. The predicted octanol–water partition coefficient (Wildman–Crippen LogP) is 5.04. The number of rotatable bonds is 4. The SMILES string of the molecule is CC(C)c1cc2c(cc1C(C)C)[C@@H](N1C(=O)C=CC1=O)C[C@H]2C(C)C. The summed E-state index contributed by atoms with van der Waals surface area (Å²) >= 11 is 0. The summed E-state index contributed by atoms with van der Waals surface area (Å²) < 4.78 is 0. The molecule has 1 aliphatic heterocycles. The van der Waals surface area contributed by atoms with Gasteiger partial charge < -0.3 is 0 Å². The second-order valence-corrected chi connectivity index (χ2v) is 8.40. The molecule has 3 heteroatoms. The van der Waals surface area contributed by atoms with Crippen molar-refractivity contribution >= 4 is 11.8 Å². The molecule has 1 aromatic rings. The molecule has 0 N–H and O–H groups in total. The maximum atomic E-state index is 12.3. The highest BCUT2D eigenvalue weighted by Crippen LogP contribution is 2.49. The summed E-state index contributed by atoms with van der Waals surface area (Å²) in [5.41, 5.74) is 5.25. The van der Waals surface area contributed by atoms with Gasteiger partial charge in [0.1, 0.15) is 0 Å². The quantitative estimate of drug-likeness (QED) is 0.720. The van der Waals surface area contributed by atoms with E-state index in [0.29, 0.717) is 23.7 Å². The molecule has 0 spiro atoms. The first-order valence-corrected chi connectivity index (χ1v) is 9.45. The van der Waals surface area contributed by atoms with E-state index in [1.54, 1.807) is 0 Å². The summed E-state index contributed by atoms with van der Waals surface area (Å²) in [7, 11) is 0. The Kier molecular flexibility index (Phi) is 4.61. The van der Waals surface area contributed by atoms with Crippen LogP contribution in [-0.4, -0.2) is 16.7 Å². The van der Waals surface area contributed by atoms with Crippen LogP contribution in [0, 0.1) is 5.92 Å². The summed E-state index contributed by atoms with van der Waals surface area (Å²) in [4.78, 5) is 26.0. The van der Waals surface area contributed by atoms with Crippen LogP contribution in [0.25, 0.3) is 0 Å². The Balaban J connectivity index is 2.15. The van der Waals surface area contributed by atoms with Crippen molar-refractivity contribution in [2.45, 2.75) is 71.8 Å². The van der Waals surface area contributed by atoms with Crippen LogP contribution in [0.15, 0.2) is 24.3 Å². The lowest BCUT2D eigenvalue weighted by Gasteiger charge is -2.25. The standard InChI is InChI=1S/C22H29NO2/c1-12(2)15-9-18-17(14(5)6)11-20(19(18)10-16(15)13(3)4)23-21(24)7-8-22(23)25/h7-10,12-14,17,20H,11H2,1-6H3/t17-,20-/m0/s1. The van der Waals surface area contributed by atoms with Gasteiger partial charge in [0.2, 0.25) is 0 Å². The van der Waals surface area contributed by atoms with E-state index >= 15 is 0 Å². The van der Waals surface area contributed by atoms with E-state index in [9.17, 15) is 9.59 Å². The van der Waals surface area contributed by atoms with E-state index in [1.807, 2.05) is 0 Å². The Labute approximate surface area is 151 Å². The van der Waals surface area contributed by atoms with Crippen molar-refractivity contribution < 1.29 is 9.59 Å². The van der Waals surface area contributed by atoms with Crippen molar-refractivity contribution in [1.29, 1.82) is 0 Å². The fourth-order valence-electron chi connectivity index (χ4n) is 4.37. The Morgan fingerprint density at radius 1 is 0.840 bits per heavy atom. The number of carbonyl (C=O) groups is 2. The van der Waals surface area contributed by atoms with Gasteiger partial charge in [-0.3, -0.25) is 14.5 Å². The van der Waals surface area contributed by atoms with Crippen LogP contribution in [0.3, 0.4) is 0 Å². The molecule has 3 nitrogen and oxygen atoms in total. The maximum absolute atomic E-state index is 12.3. The van der Waals surface area contributed by atoms with Crippen molar-refractivity contribution in [1.82, 2.24) is 4.90 Å². The van der Waals surface area contributed by atoms with E-state index in [2.05, 4.69) is 53.7 Å². The lowest BCUT2D eigenvalue weighted by Crippen LogP contribution is -2.33. The van der Waals surface area contributed by atoms with Crippen LogP contribution in [0.4, 0.5) is 0 Å². The molecule has 0 unspecified atom stereocenters. The molecule has 0 saturated heterocycles. The molecule has 1 aliphatic carbocycles. The van der Waals surface area contributed by atoms with Crippen molar-refractivity contribution in [2.24, 2.45) is 5.92 Å². The third-order valence-corrected chi connectivity index (χ3v) is 5.73. The molecule has 3 rings (SSSR count). The number of nitrogens with zero attached hydrogens (tertiary/aromatic N) is 1. The van der Waals surface area contributed by atoms with E-state index in [-0.39, 0.29) is 17.9 Å². The molecule has 25 heavy (non-hydrogen) atoms. The van der Waals surface area contributed by atoms with Gasteiger partial charge in [0, 0.05) is 12.2 Å². The van der Waals surface area contributed by atoms with Gasteiger partial charge in [-0.15, -0.1) is 0 Å². The van der Waals surface area contributed by atoms with Crippen LogP contribution < -0.4 is 0 Å². The van der Waals surface area contributed by atoms with Gasteiger partial charge in [0.25, 0.3) is 11.8 Å². The Morgan fingerprint density at radius 2 is 1.32 bits per heavy atom. The molecule has 0 fully saturated rings. The average molecular weight is 339 g/mol. The zero-order chi connectivity index (χ0) is 18.5. The summed E-state index contributed by atoms with van der Waals surface area (Å²) in [5, 5.41) is 0. The zero-order valence-corrected chi connectivity index (χ0v) is 16.2. The van der Waals surface area contributed by atoms with Crippen molar-refractivity contribution in [2.75, 3.05) is 0 Å². The normalized spacial score (nSPS) is 22.8. The van der Waals surface area contributed by atoms with E-state index in [4.69, 9.17) is 0 Å². The van der Waals surface area contributed by atoms with Crippen molar-refractivity contribution in [3.8, 4) is 0 Å². The lowest BCUT2D eigenvalue weighted by molar-refractivity contribution is -0.139. The first-order chi connectivity index (χ1) is 11.7. The van der Waals surface area contributed by atoms with Crippen LogP contribution in [-0.2, 0) is 9.59 Å². The summed E-state index contributed by atoms with van der Waals surface area (Å²) in [6, 6.07) is 4.51. The van der Waals surface area contributed by atoms with E-state index in [1.165, 1.54) is 39.3 Å². The van der Waals surface area contributed by atoms with Crippen molar-refractivity contribution in [3.63, 3.8) is 0 Å². The van der Waals surface area contributed by atoms with Gasteiger partial charge in [0.15, 0.2) is 0 Å². The monoisotopic (exact) mass is 339 g/mol. The third-order valence-electron chi connectivity index (χ3n) is 5.73. The molecule has 0 aromatic heterocycles. The first-order valence-electron chi connectivity index (χ1n) is 9.45. The molecule has 2 aliphatic rings. The second-order valence-electron chi connectivity index (χ2n) is 8.40. The minimum atomic E-state index is -0.176. The lowest BCUT2D eigenvalue weighted by atomic mass is 9.84. The molecule has 0 bridgehead atoms. The van der Waals surface area contributed by atoms with Crippen LogP contribution in [0.2, 0.25) is 0 Å². The number of amides is 2. The van der Waals surface area contributed by atoms with Gasteiger partial charge in [-0.05, 0) is 52.3 Å².